The highest BCUT2D eigenvalue weighted by atomic mass is 32.2. The molecule has 8 heteroatoms. The maximum atomic E-state index is 12.0. The Hall–Kier alpha value is -1.77. The second-order valence-corrected chi connectivity index (χ2v) is 7.92. The van der Waals surface area contributed by atoms with Gasteiger partial charge >= 0.3 is 0 Å². The lowest BCUT2D eigenvalue weighted by Gasteiger charge is -2.08. The van der Waals surface area contributed by atoms with Gasteiger partial charge in [0.15, 0.2) is 0 Å². The Morgan fingerprint density at radius 3 is 2.48 bits per heavy atom. The highest BCUT2D eigenvalue weighted by Crippen LogP contribution is 2.09. The number of aryl methyl sites for hydroxylation is 2. The number of aromatic nitrogens is 1. The summed E-state index contributed by atoms with van der Waals surface area (Å²) in [7, 11) is -3.54. The van der Waals surface area contributed by atoms with Crippen LogP contribution in [-0.4, -0.2) is 32.4 Å². The van der Waals surface area contributed by atoms with Crippen molar-refractivity contribution >= 4 is 27.3 Å². The summed E-state index contributed by atoms with van der Waals surface area (Å²) in [6.45, 7) is 4.14. The fourth-order valence-corrected chi connectivity index (χ4v) is 3.55. The van der Waals surface area contributed by atoms with Crippen molar-refractivity contribution in [2.45, 2.75) is 25.2 Å². The lowest BCUT2D eigenvalue weighted by Crippen LogP contribution is -2.35. The minimum Gasteiger partial charge on any atom is -0.354 e. The summed E-state index contributed by atoms with van der Waals surface area (Å²) in [4.78, 5) is 16.2. The molecular weight excluding hydrogens is 334 g/mol. The molecular formula is C15H19N3O3S2. The lowest BCUT2D eigenvalue weighted by atomic mass is 10.2. The highest BCUT2D eigenvalue weighted by molar-refractivity contribution is 7.89. The second kappa shape index (κ2) is 7.67. The van der Waals surface area contributed by atoms with Crippen molar-refractivity contribution in [1.29, 1.82) is 0 Å². The summed E-state index contributed by atoms with van der Waals surface area (Å²) in [6.07, 6.45) is 0.203. The number of carbonyl (C=O) groups excluding carboxylic acids is 1. The number of nitrogens with zero attached hydrogens (tertiary/aromatic N) is 1. The third-order valence-electron chi connectivity index (χ3n) is 3.08. The minimum atomic E-state index is -3.54. The maximum Gasteiger partial charge on any atom is 0.240 e. The van der Waals surface area contributed by atoms with E-state index in [0.29, 0.717) is 0 Å². The Balaban J connectivity index is 1.76. The van der Waals surface area contributed by atoms with Crippen LogP contribution in [0, 0.1) is 13.8 Å². The molecule has 124 valence electrons. The molecule has 2 N–H and O–H groups in total. The van der Waals surface area contributed by atoms with Gasteiger partial charge in [-0.05, 0) is 26.0 Å². The van der Waals surface area contributed by atoms with E-state index in [2.05, 4.69) is 15.0 Å². The Morgan fingerprint density at radius 2 is 1.87 bits per heavy atom. The van der Waals surface area contributed by atoms with Gasteiger partial charge in [-0.3, -0.25) is 4.79 Å². The summed E-state index contributed by atoms with van der Waals surface area (Å²) >= 11 is 1.49. The summed E-state index contributed by atoms with van der Waals surface area (Å²) in [6, 6.07) is 6.60. The topological polar surface area (TPSA) is 88.2 Å². The van der Waals surface area contributed by atoms with Gasteiger partial charge in [-0.15, -0.1) is 11.3 Å². The Bertz CT molecular complexity index is 768. The van der Waals surface area contributed by atoms with Gasteiger partial charge in [0.05, 0.1) is 22.0 Å². The normalized spacial score (nSPS) is 11.4. The molecule has 0 fully saturated rings. The third-order valence-corrected chi connectivity index (χ3v) is 5.38. The first kappa shape index (κ1) is 17.6. The predicted molar refractivity (Wildman–Crippen MR) is 89.9 cm³/mol. The molecule has 0 bridgehead atoms. The molecule has 0 atom stereocenters. The number of benzene rings is 1. The molecule has 0 saturated carbocycles. The van der Waals surface area contributed by atoms with Crippen LogP contribution in [0.5, 0.6) is 0 Å². The monoisotopic (exact) mass is 353 g/mol. The van der Waals surface area contributed by atoms with Crippen LogP contribution in [0.15, 0.2) is 34.5 Å². The van der Waals surface area contributed by atoms with Crippen molar-refractivity contribution in [3.8, 4) is 0 Å². The Labute approximate surface area is 140 Å². The predicted octanol–water partition coefficient (Wildman–Crippen LogP) is 1.40. The molecule has 0 aliphatic rings. The molecule has 1 aromatic heterocycles. The maximum absolute atomic E-state index is 12.0. The van der Waals surface area contributed by atoms with Gasteiger partial charge in [0.25, 0.3) is 0 Å². The van der Waals surface area contributed by atoms with E-state index in [0.717, 1.165) is 16.3 Å². The number of amides is 1. The van der Waals surface area contributed by atoms with Gasteiger partial charge in [-0.2, -0.15) is 0 Å². The molecule has 23 heavy (non-hydrogen) atoms. The van der Waals surface area contributed by atoms with Crippen molar-refractivity contribution in [3.63, 3.8) is 0 Å². The largest absolute Gasteiger partial charge is 0.354 e. The quantitative estimate of drug-likeness (QED) is 0.737. The summed E-state index contributed by atoms with van der Waals surface area (Å²) in [5, 5.41) is 5.43. The molecule has 1 aromatic carbocycles. The van der Waals surface area contributed by atoms with Crippen LogP contribution < -0.4 is 10.0 Å². The number of nitrogens with one attached hydrogen (secondary N) is 2. The van der Waals surface area contributed by atoms with Crippen LogP contribution in [0.2, 0.25) is 0 Å². The number of thiazole rings is 1. The number of sulfonamides is 1. The SMILES string of the molecule is Cc1ccc(S(=O)(=O)NCCNC(=O)Cc2csc(C)n2)cc1. The zero-order valence-corrected chi connectivity index (χ0v) is 14.6. The van der Waals surface area contributed by atoms with Crippen molar-refractivity contribution < 1.29 is 13.2 Å². The zero-order valence-electron chi connectivity index (χ0n) is 13.0. The third kappa shape index (κ3) is 5.42. The second-order valence-electron chi connectivity index (χ2n) is 5.10. The molecule has 0 aliphatic heterocycles. The zero-order chi connectivity index (χ0) is 16.9. The first-order valence-electron chi connectivity index (χ1n) is 7.11. The minimum absolute atomic E-state index is 0.137. The molecule has 2 aromatic rings. The molecule has 2 rings (SSSR count). The molecule has 6 nitrogen and oxygen atoms in total. The van der Waals surface area contributed by atoms with Crippen LogP contribution in [0.1, 0.15) is 16.3 Å². The molecule has 1 amide bonds. The van der Waals surface area contributed by atoms with E-state index in [1.807, 2.05) is 19.2 Å². The van der Waals surface area contributed by atoms with Crippen LogP contribution in [0.3, 0.4) is 0 Å². The first-order valence-corrected chi connectivity index (χ1v) is 9.47. The van der Waals surface area contributed by atoms with Gasteiger partial charge in [0.2, 0.25) is 15.9 Å². The van der Waals surface area contributed by atoms with E-state index >= 15 is 0 Å². The summed E-state index contributed by atoms with van der Waals surface area (Å²) in [5.41, 5.74) is 1.72. The fraction of sp³-hybridized carbons (Fsp3) is 0.333. The molecule has 1 heterocycles. The van der Waals surface area contributed by atoms with Gasteiger partial charge in [0.1, 0.15) is 0 Å². The lowest BCUT2D eigenvalue weighted by molar-refractivity contribution is -0.120. The fourth-order valence-electron chi connectivity index (χ4n) is 1.90. The number of hydrogen-bond acceptors (Lipinski definition) is 5. The smallest absolute Gasteiger partial charge is 0.240 e. The van der Waals surface area contributed by atoms with E-state index < -0.39 is 10.0 Å². The van der Waals surface area contributed by atoms with Crippen molar-refractivity contribution in [1.82, 2.24) is 15.0 Å². The molecule has 0 spiro atoms. The van der Waals surface area contributed by atoms with E-state index in [4.69, 9.17) is 0 Å². The Morgan fingerprint density at radius 1 is 1.17 bits per heavy atom. The van der Waals surface area contributed by atoms with Crippen molar-refractivity contribution in [2.75, 3.05) is 13.1 Å². The van der Waals surface area contributed by atoms with Gasteiger partial charge < -0.3 is 5.32 Å². The van der Waals surface area contributed by atoms with Gasteiger partial charge in [-0.1, -0.05) is 17.7 Å². The summed E-state index contributed by atoms with van der Waals surface area (Å²) in [5.74, 6) is -0.176. The Kier molecular flexibility index (Phi) is 5.86. The average molecular weight is 353 g/mol. The van der Waals surface area contributed by atoms with Gasteiger partial charge in [-0.25, -0.2) is 18.1 Å². The van der Waals surface area contributed by atoms with Gasteiger partial charge in [0, 0.05) is 18.5 Å². The first-order chi connectivity index (χ1) is 10.9. The molecule has 0 unspecified atom stereocenters. The standard InChI is InChI=1S/C15H19N3O3S2/c1-11-3-5-14(6-4-11)23(20,21)17-8-7-16-15(19)9-13-10-22-12(2)18-13/h3-6,10,17H,7-9H2,1-2H3,(H,16,19). The van der Waals surface area contributed by atoms with Crippen molar-refractivity contribution in [3.05, 3.63) is 45.9 Å². The van der Waals surface area contributed by atoms with E-state index in [1.165, 1.54) is 11.3 Å². The van der Waals surface area contributed by atoms with E-state index in [1.54, 1.807) is 24.3 Å². The average Bonchev–Trinajstić information content (AvgIpc) is 2.89. The highest BCUT2D eigenvalue weighted by Gasteiger charge is 2.13. The van der Waals surface area contributed by atoms with E-state index in [9.17, 15) is 13.2 Å². The molecule has 0 radical (unpaired) electrons. The van der Waals surface area contributed by atoms with Crippen molar-refractivity contribution in [2.24, 2.45) is 0 Å². The summed E-state index contributed by atoms with van der Waals surface area (Å²) < 4.78 is 26.6. The van der Waals surface area contributed by atoms with Crippen LogP contribution in [0.4, 0.5) is 0 Å². The van der Waals surface area contributed by atoms with Crippen LogP contribution in [0.25, 0.3) is 0 Å². The number of rotatable bonds is 7. The number of hydrogen-bond donors (Lipinski definition) is 2. The number of carbonyl (C=O) groups is 1. The molecule has 0 saturated heterocycles. The molecule has 0 aliphatic carbocycles. The van der Waals surface area contributed by atoms with Crippen LogP contribution in [-0.2, 0) is 21.2 Å². The van der Waals surface area contributed by atoms with Crippen LogP contribution >= 0.6 is 11.3 Å². The van der Waals surface area contributed by atoms with E-state index in [-0.39, 0.29) is 30.3 Å².